The molecular weight excluding hydrogens is 282 g/mol. The third kappa shape index (κ3) is 3.43. The van der Waals surface area contributed by atoms with Crippen molar-refractivity contribution in [2.24, 2.45) is 0 Å². The first-order valence-corrected chi connectivity index (χ1v) is 7.14. The third-order valence-corrected chi connectivity index (χ3v) is 3.53. The Kier molecular flexibility index (Phi) is 4.35. The smallest absolute Gasteiger partial charge is 0.259 e. The molecule has 0 aliphatic carbocycles. The summed E-state index contributed by atoms with van der Waals surface area (Å²) >= 11 is 7.44. The number of phenolic OH excluding ortho intramolecular Hbond substituents is 1. The predicted molar refractivity (Wildman–Crippen MR) is 79.3 cm³/mol. The van der Waals surface area contributed by atoms with E-state index in [1.807, 2.05) is 30.5 Å². The lowest BCUT2D eigenvalue weighted by atomic mass is 10.2. The van der Waals surface area contributed by atoms with Crippen molar-refractivity contribution in [1.29, 1.82) is 0 Å². The molecule has 2 aromatic carbocycles. The van der Waals surface area contributed by atoms with Gasteiger partial charge in [-0.05, 0) is 48.7 Å². The number of hydrogen-bond donors (Lipinski definition) is 2. The van der Waals surface area contributed by atoms with Crippen molar-refractivity contribution in [2.45, 2.75) is 4.90 Å². The van der Waals surface area contributed by atoms with Gasteiger partial charge in [0.25, 0.3) is 5.91 Å². The number of aromatic hydroxyl groups is 1. The lowest BCUT2D eigenvalue weighted by Crippen LogP contribution is -2.12. The lowest BCUT2D eigenvalue weighted by Gasteiger charge is -2.07. The fourth-order valence-electron chi connectivity index (χ4n) is 1.56. The Labute approximate surface area is 120 Å². The van der Waals surface area contributed by atoms with Gasteiger partial charge in [0.15, 0.2) is 0 Å². The molecule has 0 radical (unpaired) electrons. The topological polar surface area (TPSA) is 49.3 Å². The minimum atomic E-state index is -0.392. The van der Waals surface area contributed by atoms with E-state index in [0.29, 0.717) is 10.7 Å². The highest BCUT2D eigenvalue weighted by molar-refractivity contribution is 7.98. The van der Waals surface area contributed by atoms with E-state index in [0.717, 1.165) is 4.90 Å². The van der Waals surface area contributed by atoms with Crippen LogP contribution in [0.15, 0.2) is 47.4 Å². The van der Waals surface area contributed by atoms with Gasteiger partial charge in [0.2, 0.25) is 0 Å². The SMILES string of the molecule is CSc1ccc(NC(=O)c2cc(Cl)ccc2O)cc1. The van der Waals surface area contributed by atoms with Crippen molar-refractivity contribution in [3.05, 3.63) is 53.1 Å². The number of phenols is 1. The summed E-state index contributed by atoms with van der Waals surface area (Å²) in [5, 5.41) is 12.8. The summed E-state index contributed by atoms with van der Waals surface area (Å²) in [6.45, 7) is 0. The van der Waals surface area contributed by atoms with Gasteiger partial charge in [-0.2, -0.15) is 0 Å². The number of rotatable bonds is 3. The van der Waals surface area contributed by atoms with Crippen LogP contribution in [0.25, 0.3) is 0 Å². The van der Waals surface area contributed by atoms with Gasteiger partial charge in [0.05, 0.1) is 5.56 Å². The minimum absolute atomic E-state index is 0.0948. The van der Waals surface area contributed by atoms with Crippen molar-refractivity contribution < 1.29 is 9.90 Å². The van der Waals surface area contributed by atoms with Crippen LogP contribution in [0.3, 0.4) is 0 Å². The molecule has 0 heterocycles. The Morgan fingerprint density at radius 3 is 2.53 bits per heavy atom. The molecule has 1 amide bonds. The number of carbonyl (C=O) groups is 1. The summed E-state index contributed by atoms with van der Waals surface area (Å²) < 4.78 is 0. The molecule has 0 aliphatic heterocycles. The van der Waals surface area contributed by atoms with Gasteiger partial charge >= 0.3 is 0 Å². The molecule has 2 N–H and O–H groups in total. The number of hydrogen-bond acceptors (Lipinski definition) is 3. The third-order valence-electron chi connectivity index (χ3n) is 2.55. The van der Waals surface area contributed by atoms with E-state index in [4.69, 9.17) is 11.6 Å². The normalized spacial score (nSPS) is 10.2. The van der Waals surface area contributed by atoms with E-state index in [2.05, 4.69) is 5.32 Å². The van der Waals surface area contributed by atoms with E-state index in [1.54, 1.807) is 11.8 Å². The Morgan fingerprint density at radius 2 is 1.89 bits per heavy atom. The van der Waals surface area contributed by atoms with Gasteiger partial charge < -0.3 is 10.4 Å². The number of nitrogens with one attached hydrogen (secondary N) is 1. The van der Waals surface area contributed by atoms with E-state index < -0.39 is 5.91 Å². The van der Waals surface area contributed by atoms with Crippen LogP contribution in [0, 0.1) is 0 Å². The maximum Gasteiger partial charge on any atom is 0.259 e. The number of benzene rings is 2. The highest BCUT2D eigenvalue weighted by atomic mass is 35.5. The highest BCUT2D eigenvalue weighted by Crippen LogP contribution is 2.23. The molecule has 2 aromatic rings. The second kappa shape index (κ2) is 5.99. The Hall–Kier alpha value is -1.65. The summed E-state index contributed by atoms with van der Waals surface area (Å²) in [6.07, 6.45) is 1.98. The molecule has 0 bridgehead atoms. The Bertz CT molecular complexity index is 599. The lowest BCUT2D eigenvalue weighted by molar-refractivity contribution is 0.102. The van der Waals surface area contributed by atoms with Gasteiger partial charge in [0, 0.05) is 15.6 Å². The Morgan fingerprint density at radius 1 is 1.21 bits per heavy atom. The second-order valence-corrected chi connectivity index (χ2v) is 5.16. The Balaban J connectivity index is 2.18. The van der Waals surface area contributed by atoms with Crippen LogP contribution in [0.4, 0.5) is 5.69 Å². The van der Waals surface area contributed by atoms with E-state index >= 15 is 0 Å². The molecule has 0 atom stereocenters. The predicted octanol–water partition coefficient (Wildman–Crippen LogP) is 4.02. The molecule has 5 heteroatoms. The number of amides is 1. The summed E-state index contributed by atoms with van der Waals surface area (Å²) in [7, 11) is 0. The molecular formula is C14H12ClNO2S. The van der Waals surface area contributed by atoms with Crippen LogP contribution in [0.5, 0.6) is 5.75 Å². The van der Waals surface area contributed by atoms with Gasteiger partial charge in [-0.15, -0.1) is 11.8 Å². The quantitative estimate of drug-likeness (QED) is 0.840. The molecule has 2 rings (SSSR count). The zero-order valence-electron chi connectivity index (χ0n) is 10.2. The molecule has 0 fully saturated rings. The number of thioether (sulfide) groups is 1. The monoisotopic (exact) mass is 293 g/mol. The maximum absolute atomic E-state index is 12.0. The van der Waals surface area contributed by atoms with Gasteiger partial charge in [-0.3, -0.25) is 4.79 Å². The van der Waals surface area contributed by atoms with Crippen LogP contribution in [-0.4, -0.2) is 17.3 Å². The highest BCUT2D eigenvalue weighted by Gasteiger charge is 2.11. The molecule has 0 aromatic heterocycles. The number of halogens is 1. The van der Waals surface area contributed by atoms with E-state index in [1.165, 1.54) is 18.2 Å². The van der Waals surface area contributed by atoms with Gasteiger partial charge in [-0.25, -0.2) is 0 Å². The molecule has 0 aliphatic rings. The first-order valence-electron chi connectivity index (χ1n) is 5.54. The zero-order chi connectivity index (χ0) is 13.8. The summed E-state index contributed by atoms with van der Waals surface area (Å²) in [4.78, 5) is 13.1. The van der Waals surface area contributed by atoms with Crippen molar-refractivity contribution in [2.75, 3.05) is 11.6 Å². The van der Waals surface area contributed by atoms with Crippen molar-refractivity contribution >= 4 is 35.0 Å². The average Bonchev–Trinajstić information content (AvgIpc) is 2.42. The minimum Gasteiger partial charge on any atom is -0.507 e. The van der Waals surface area contributed by atoms with Crippen LogP contribution in [0.2, 0.25) is 5.02 Å². The first-order chi connectivity index (χ1) is 9.10. The summed E-state index contributed by atoms with van der Waals surface area (Å²) in [5.74, 6) is -0.487. The van der Waals surface area contributed by atoms with Crippen LogP contribution in [0.1, 0.15) is 10.4 Å². The first kappa shape index (κ1) is 13.8. The number of carbonyl (C=O) groups excluding carboxylic acids is 1. The maximum atomic E-state index is 12.0. The fraction of sp³-hybridized carbons (Fsp3) is 0.0714. The molecule has 0 saturated carbocycles. The molecule has 19 heavy (non-hydrogen) atoms. The fourth-order valence-corrected chi connectivity index (χ4v) is 2.14. The average molecular weight is 294 g/mol. The van der Waals surface area contributed by atoms with Crippen molar-refractivity contribution in [3.8, 4) is 5.75 Å². The zero-order valence-corrected chi connectivity index (χ0v) is 11.8. The molecule has 3 nitrogen and oxygen atoms in total. The van der Waals surface area contributed by atoms with E-state index in [-0.39, 0.29) is 11.3 Å². The molecule has 98 valence electrons. The van der Waals surface area contributed by atoms with Gasteiger partial charge in [-0.1, -0.05) is 11.6 Å². The standard InChI is InChI=1S/C14H12ClNO2S/c1-19-11-5-3-10(4-6-11)16-14(18)12-8-9(15)2-7-13(12)17/h2-8,17H,1H3,(H,16,18). The van der Waals surface area contributed by atoms with Crippen LogP contribution < -0.4 is 5.32 Å². The van der Waals surface area contributed by atoms with Crippen LogP contribution in [-0.2, 0) is 0 Å². The van der Waals surface area contributed by atoms with Crippen LogP contribution >= 0.6 is 23.4 Å². The molecule has 0 unspecified atom stereocenters. The summed E-state index contributed by atoms with van der Waals surface area (Å²) in [5.41, 5.74) is 0.823. The van der Waals surface area contributed by atoms with E-state index in [9.17, 15) is 9.90 Å². The van der Waals surface area contributed by atoms with Gasteiger partial charge in [0.1, 0.15) is 5.75 Å². The summed E-state index contributed by atoms with van der Waals surface area (Å²) in [6, 6.07) is 11.8. The van der Waals surface area contributed by atoms with Crippen molar-refractivity contribution in [1.82, 2.24) is 0 Å². The largest absolute Gasteiger partial charge is 0.507 e. The molecule has 0 spiro atoms. The number of anilines is 1. The van der Waals surface area contributed by atoms with Crippen molar-refractivity contribution in [3.63, 3.8) is 0 Å². The molecule has 0 saturated heterocycles. The second-order valence-electron chi connectivity index (χ2n) is 3.84.